The maximum Gasteiger partial charge on any atom is 0.104 e. The van der Waals surface area contributed by atoms with Gasteiger partial charge in [-0.3, -0.25) is 0 Å². The van der Waals surface area contributed by atoms with E-state index in [1.165, 1.54) is 31.8 Å². The molecule has 0 amide bonds. The predicted octanol–water partition coefficient (Wildman–Crippen LogP) is 19.2. The number of nitrogens with zero attached hydrogens (tertiary/aromatic N) is 6. The molecule has 17 aromatic rings. The van der Waals surface area contributed by atoms with Gasteiger partial charge in [0.15, 0.2) is 0 Å². The minimum Gasteiger partial charge on any atom is -0.306 e. The number of fused-ring (bicyclic) bond motifs is 20. The van der Waals surface area contributed by atoms with Gasteiger partial charge in [0.1, 0.15) is 23.3 Å². The van der Waals surface area contributed by atoms with Crippen LogP contribution in [0.25, 0.3) is 150 Å². The van der Waals surface area contributed by atoms with E-state index in [9.17, 15) is 27.0 Å². The number of hydrogen-bond acceptors (Lipinski definition) is 4. The van der Waals surface area contributed by atoms with Gasteiger partial charge in [-0.1, -0.05) is 156 Å². The first-order chi connectivity index (χ1) is 45.1. The molecule has 6 aromatic heterocycles. The van der Waals surface area contributed by atoms with Crippen LogP contribution in [-0.2, 0) is 0 Å². The minimum atomic E-state index is -0.757. The second-order valence-electron chi connectivity index (χ2n) is 19.5. The van der Waals surface area contributed by atoms with Crippen LogP contribution in [0, 0.1) is 36.5 Å². The Balaban J connectivity index is 1.28. The fraction of sp³-hybridized carbons (Fsp3) is 0.0286. The number of hydrogen-bond donors (Lipinski definition) is 0. The predicted molar refractivity (Wildman–Crippen MR) is 328 cm³/mol. The second kappa shape index (κ2) is 15.8. The van der Waals surface area contributed by atoms with E-state index in [1.54, 1.807) is 9.13 Å². The average molecular weight is 1050 g/mol. The fourth-order valence-corrected chi connectivity index (χ4v) is 14.8. The molecule has 0 unspecified atom stereocenters. The van der Waals surface area contributed by atoms with Gasteiger partial charge in [0, 0.05) is 74.0 Å². The van der Waals surface area contributed by atoms with E-state index in [-0.39, 0.29) is 66.4 Å². The third kappa shape index (κ3) is 5.57. The molecule has 17 rings (SSSR count). The van der Waals surface area contributed by atoms with E-state index in [0.717, 1.165) is 42.1 Å². The van der Waals surface area contributed by atoms with E-state index >= 15 is 0 Å². The van der Waals surface area contributed by atoms with Gasteiger partial charge in [-0.05, 0) is 74.4 Å². The molecular formula is C70H40N6S2. The summed E-state index contributed by atoms with van der Waals surface area (Å²) >= 11 is 2.88. The van der Waals surface area contributed by atoms with Crippen molar-refractivity contribution in [1.82, 2.24) is 18.3 Å². The van der Waals surface area contributed by atoms with Gasteiger partial charge >= 0.3 is 0 Å². The second-order valence-corrected chi connectivity index (χ2v) is 21.6. The number of aromatic nitrogens is 4. The Hall–Kier alpha value is -9.96. The van der Waals surface area contributed by atoms with Crippen molar-refractivity contribution in [2.45, 2.75) is 13.8 Å². The van der Waals surface area contributed by atoms with Crippen LogP contribution in [0.3, 0.4) is 0 Å². The monoisotopic (exact) mass is 1040 g/mol. The van der Waals surface area contributed by atoms with Crippen LogP contribution in [0.15, 0.2) is 206 Å². The summed E-state index contributed by atoms with van der Waals surface area (Å²) < 4.78 is 163. The number of benzene rings is 11. The molecule has 0 N–H and O–H groups in total. The van der Waals surface area contributed by atoms with Crippen LogP contribution >= 0.6 is 22.7 Å². The molecule has 0 aliphatic rings. The van der Waals surface area contributed by atoms with Crippen LogP contribution in [0.1, 0.15) is 44.2 Å². The van der Waals surface area contributed by atoms with Gasteiger partial charge in [-0.25, -0.2) is 0 Å². The Morgan fingerprint density at radius 2 is 0.692 bits per heavy atom. The molecule has 78 heavy (non-hydrogen) atoms. The van der Waals surface area contributed by atoms with Gasteiger partial charge in [-0.15, -0.1) is 22.7 Å². The van der Waals surface area contributed by atoms with Crippen molar-refractivity contribution in [1.29, 1.82) is 10.5 Å². The van der Waals surface area contributed by atoms with E-state index in [4.69, 9.17) is 5.48 Å². The van der Waals surface area contributed by atoms with E-state index in [2.05, 4.69) is 12.1 Å². The molecular weight excluding hydrogens is 989 g/mol. The Labute approximate surface area is 476 Å². The summed E-state index contributed by atoms with van der Waals surface area (Å²) in [6.07, 6.45) is 0. The zero-order chi connectivity index (χ0) is 65.6. The third-order valence-corrected chi connectivity index (χ3v) is 17.8. The number of rotatable bonds is 4. The van der Waals surface area contributed by atoms with Crippen molar-refractivity contribution >= 4 is 150 Å². The van der Waals surface area contributed by atoms with Crippen molar-refractivity contribution < 1.29 is 21.9 Å². The molecule has 0 atom stereocenters. The lowest BCUT2D eigenvalue weighted by Gasteiger charge is -2.27. The summed E-state index contributed by atoms with van der Waals surface area (Å²) in [5, 5.41) is 31.0. The number of aryl methyl sites for hydroxylation is 2. The summed E-state index contributed by atoms with van der Waals surface area (Å²) in [4.78, 5) is 0. The van der Waals surface area contributed by atoms with E-state index in [1.807, 2.05) is 123 Å². The Morgan fingerprint density at radius 3 is 1.08 bits per heavy atom. The van der Waals surface area contributed by atoms with Crippen molar-refractivity contribution in [3.63, 3.8) is 0 Å². The molecule has 0 spiro atoms. The number of nitriles is 2. The first-order valence-electron chi connectivity index (χ1n) is 32.9. The first kappa shape index (κ1) is 30.6. The zero-order valence-electron chi connectivity index (χ0n) is 56.9. The topological polar surface area (TPSA) is 67.3 Å². The van der Waals surface area contributed by atoms with Crippen molar-refractivity contribution in [3.8, 4) is 34.9 Å². The van der Waals surface area contributed by atoms with Crippen LogP contribution in [0.2, 0.25) is 0 Å². The molecule has 0 aliphatic carbocycles. The van der Waals surface area contributed by atoms with E-state index < -0.39 is 108 Å². The highest BCUT2D eigenvalue weighted by Crippen LogP contribution is 2.52. The summed E-state index contributed by atoms with van der Waals surface area (Å²) in [5.41, 5.74) is -0.0239. The van der Waals surface area contributed by atoms with Crippen LogP contribution in [-0.4, -0.2) is 18.3 Å². The largest absolute Gasteiger partial charge is 0.306 e. The normalized spacial score (nSPS) is 15.1. The highest BCUT2D eigenvalue weighted by Gasteiger charge is 2.35. The Bertz CT molecular complexity index is 6080. The maximum atomic E-state index is 13.2. The van der Waals surface area contributed by atoms with Crippen LogP contribution in [0.4, 0.5) is 0 Å². The van der Waals surface area contributed by atoms with Crippen LogP contribution in [0.5, 0.6) is 0 Å². The molecule has 0 saturated heterocycles. The van der Waals surface area contributed by atoms with E-state index in [0.29, 0.717) is 53.0 Å². The zero-order valence-corrected chi connectivity index (χ0v) is 42.5. The lowest BCUT2D eigenvalue weighted by atomic mass is 9.98. The highest BCUT2D eigenvalue weighted by atomic mass is 32.1. The molecule has 0 bridgehead atoms. The standard InChI is InChI=1S/C70H40N6S2/c1-39-27-33-59-51(35-39)47-29-31-49-45-19-7-13-25-61(45)77-69(49)67(47)75(59)65-53(37-71)64(74-57-23-11-5-17-43(57)44-18-6-12-24-58(44)74)66(54(38-72)63(65)73-55-21-9-3-15-41(55)42-16-4-10-22-56(42)73)76-60-34-28-40(2)36-52(60)48-30-32-50-46-20-8-14-26-62(46)78-70(50)68(48)76/h3-36H,1-2H3/i3D,4D,5D,6D,9D,10D,11D,12D,15D,16D,17D,18D,21D,22D,23D,24D. The van der Waals surface area contributed by atoms with Gasteiger partial charge in [0.25, 0.3) is 0 Å². The molecule has 6 heterocycles. The minimum absolute atomic E-state index is 0.217. The molecule has 0 fully saturated rings. The first-order valence-corrected chi connectivity index (χ1v) is 26.5. The van der Waals surface area contributed by atoms with Crippen molar-refractivity contribution in [2.75, 3.05) is 0 Å². The third-order valence-electron chi connectivity index (χ3n) is 15.4. The summed E-state index contributed by atoms with van der Waals surface area (Å²) in [6.45, 7) is 3.83. The average Bonchev–Trinajstić information content (AvgIpc) is 1.56. The van der Waals surface area contributed by atoms with Crippen molar-refractivity contribution in [3.05, 3.63) is 228 Å². The Morgan fingerprint density at radius 1 is 0.346 bits per heavy atom. The van der Waals surface area contributed by atoms with Crippen LogP contribution < -0.4 is 0 Å². The van der Waals surface area contributed by atoms with Gasteiger partial charge < -0.3 is 18.3 Å². The SMILES string of the molecule is [2H]c1c([2H])c([2H])c2c(c1[2H])c1c([2H])c([2H])c([2H])c([2H])c1n2-c1c(C#N)c(-n2c3ccc(C)cc3c3ccc4c5ccccc5sc4c32)c(-n2c3c([2H])c([2H])c([2H])c([2H])c3c3c([2H])c([2H])c([2H])c([2H])c32)c(C#N)c1-n1c2ccc(C)cc2c2ccc3c4ccccc4sc3c21. The van der Waals surface area contributed by atoms with Gasteiger partial charge in [0.05, 0.1) is 98.2 Å². The highest BCUT2D eigenvalue weighted by molar-refractivity contribution is 7.27. The molecule has 362 valence electrons. The van der Waals surface area contributed by atoms with Crippen molar-refractivity contribution in [2.24, 2.45) is 0 Å². The molecule has 8 heteroatoms. The summed E-state index contributed by atoms with van der Waals surface area (Å²) in [7, 11) is 0. The summed E-state index contributed by atoms with van der Waals surface area (Å²) in [5.74, 6) is 0. The maximum absolute atomic E-state index is 13.2. The smallest absolute Gasteiger partial charge is 0.104 e. The number of thiophene rings is 2. The molecule has 11 aromatic carbocycles. The molecule has 6 nitrogen and oxygen atoms in total. The number of para-hydroxylation sites is 4. The Kier molecular flexibility index (Phi) is 6.19. The van der Waals surface area contributed by atoms with Gasteiger partial charge in [-0.2, -0.15) is 10.5 Å². The molecule has 0 radical (unpaired) electrons. The molecule has 0 aliphatic heterocycles. The quantitative estimate of drug-likeness (QED) is 0.176. The lowest BCUT2D eigenvalue weighted by Crippen LogP contribution is -2.16. The molecule has 0 saturated carbocycles. The lowest BCUT2D eigenvalue weighted by molar-refractivity contribution is 1.03. The fourth-order valence-electron chi connectivity index (χ4n) is 12.3. The summed E-state index contributed by atoms with van der Waals surface area (Å²) in [6, 6.07) is 28.4. The van der Waals surface area contributed by atoms with Gasteiger partial charge in [0.2, 0.25) is 0 Å².